The van der Waals surface area contributed by atoms with Gasteiger partial charge in [-0.1, -0.05) is 0 Å². The number of ether oxygens (including phenoxy) is 1. The lowest BCUT2D eigenvalue weighted by Crippen LogP contribution is -2.21. The molecule has 0 aliphatic rings. The lowest BCUT2D eigenvalue weighted by molar-refractivity contribution is 0.206. The number of carbonyl (C=O) groups is 1. The number of primary amides is 1. The Balaban J connectivity index is 3.05. The Morgan fingerprint density at radius 1 is 1.75 bits per heavy atom. The van der Waals surface area contributed by atoms with Crippen molar-refractivity contribution in [1.29, 1.82) is 0 Å². The first kappa shape index (κ1) is 8.18. The fraction of sp³-hybridized carbons (Fsp3) is 0. The molecule has 0 atom stereocenters. The molecule has 1 aromatic rings. The molecule has 6 nitrogen and oxygen atoms in total. The lowest BCUT2D eigenvalue weighted by Gasteiger charge is -1.97. The minimum atomic E-state index is -1.23. The first-order chi connectivity index (χ1) is 5.59. The van der Waals surface area contributed by atoms with Crippen LogP contribution in [0.3, 0.4) is 0 Å². The maximum Gasteiger partial charge on any atom is 0.411 e. The van der Waals surface area contributed by atoms with Crippen molar-refractivity contribution in [2.75, 3.05) is 0 Å². The topological polar surface area (TPSA) is 98.1 Å². The Labute approximate surface area is 65.2 Å². The van der Waals surface area contributed by atoms with Crippen molar-refractivity contribution in [3.63, 3.8) is 0 Å². The van der Waals surface area contributed by atoms with Gasteiger partial charge in [0.05, 0.1) is 0 Å². The maximum atomic E-state index is 12.6. The zero-order valence-corrected chi connectivity index (χ0v) is 5.70. The molecule has 0 aliphatic heterocycles. The van der Waals surface area contributed by atoms with Crippen molar-refractivity contribution in [3.8, 4) is 5.88 Å². The number of nitrogens with one attached hydrogen (secondary N) is 1. The van der Waals surface area contributed by atoms with Crippen LogP contribution in [0.4, 0.5) is 9.18 Å². The number of hydrogen-bond donors (Lipinski definition) is 2. The highest BCUT2D eigenvalue weighted by atomic mass is 19.1. The number of aromatic amines is 1. The van der Waals surface area contributed by atoms with Gasteiger partial charge in [0.2, 0.25) is 5.82 Å². The van der Waals surface area contributed by atoms with Gasteiger partial charge in [-0.15, -0.1) is 0 Å². The Hall–Kier alpha value is -1.92. The number of carbonyl (C=O) groups excluding carboxylic acids is 1. The summed E-state index contributed by atoms with van der Waals surface area (Å²) in [6.07, 6.45) is -0.514. The number of amides is 1. The average Bonchev–Trinajstić information content (AvgIpc) is 1.96. The molecule has 0 spiro atoms. The summed E-state index contributed by atoms with van der Waals surface area (Å²) in [5.74, 6) is -1.69. The number of nitrogens with two attached hydrogens (primary N) is 1. The van der Waals surface area contributed by atoms with E-state index in [1.807, 2.05) is 4.98 Å². The fourth-order valence-corrected chi connectivity index (χ4v) is 0.532. The molecule has 0 bridgehead atoms. The zero-order valence-electron chi connectivity index (χ0n) is 5.70. The summed E-state index contributed by atoms with van der Waals surface area (Å²) in [7, 11) is 0. The first-order valence-corrected chi connectivity index (χ1v) is 2.82. The average molecular weight is 173 g/mol. The highest BCUT2D eigenvalue weighted by Gasteiger charge is 2.08. The van der Waals surface area contributed by atoms with Crippen LogP contribution < -0.4 is 16.2 Å². The van der Waals surface area contributed by atoms with Crippen LogP contribution in [0.2, 0.25) is 0 Å². The predicted molar refractivity (Wildman–Crippen MR) is 35.0 cm³/mol. The highest BCUT2D eigenvalue weighted by Crippen LogP contribution is 2.07. The van der Waals surface area contributed by atoms with E-state index in [2.05, 4.69) is 15.5 Å². The molecule has 0 fully saturated rings. The van der Waals surface area contributed by atoms with E-state index in [0.29, 0.717) is 6.20 Å². The Bertz CT molecular complexity index is 361. The van der Waals surface area contributed by atoms with Crippen LogP contribution in [-0.4, -0.2) is 16.1 Å². The summed E-state index contributed by atoms with van der Waals surface area (Å²) in [6, 6.07) is 0. The van der Waals surface area contributed by atoms with Gasteiger partial charge in [-0.2, -0.15) is 9.37 Å². The molecule has 0 aliphatic carbocycles. The van der Waals surface area contributed by atoms with Crippen LogP contribution in [0, 0.1) is 5.82 Å². The van der Waals surface area contributed by atoms with Crippen molar-refractivity contribution >= 4 is 6.09 Å². The van der Waals surface area contributed by atoms with Crippen molar-refractivity contribution in [2.24, 2.45) is 5.73 Å². The molecular weight excluding hydrogens is 169 g/mol. The standard InChI is InChI=1S/C5H4FN3O3/c6-2-1-8-5(11)9-3(2)12-4(7)10/h1H,(H2,7,10)(H,8,9,11). The van der Waals surface area contributed by atoms with Gasteiger partial charge in [0.1, 0.15) is 0 Å². The second-order valence-electron chi connectivity index (χ2n) is 1.78. The second kappa shape index (κ2) is 2.99. The molecule has 12 heavy (non-hydrogen) atoms. The summed E-state index contributed by atoms with van der Waals surface area (Å²) in [4.78, 5) is 25.5. The van der Waals surface area contributed by atoms with Crippen LogP contribution in [0.5, 0.6) is 5.88 Å². The van der Waals surface area contributed by atoms with Crippen molar-refractivity contribution in [3.05, 3.63) is 22.5 Å². The zero-order chi connectivity index (χ0) is 9.14. The minimum absolute atomic E-state index is 0.716. The Morgan fingerprint density at radius 3 is 3.00 bits per heavy atom. The van der Waals surface area contributed by atoms with Crippen LogP contribution in [-0.2, 0) is 0 Å². The molecule has 0 aromatic carbocycles. The van der Waals surface area contributed by atoms with Gasteiger partial charge in [-0.3, -0.25) is 0 Å². The van der Waals surface area contributed by atoms with Gasteiger partial charge in [0.25, 0.3) is 5.88 Å². The molecule has 0 unspecified atom stereocenters. The van der Waals surface area contributed by atoms with E-state index in [4.69, 9.17) is 0 Å². The predicted octanol–water partition coefficient (Wildman–Crippen LogP) is -0.633. The van der Waals surface area contributed by atoms with E-state index in [0.717, 1.165) is 0 Å². The minimum Gasteiger partial charge on any atom is -0.388 e. The first-order valence-electron chi connectivity index (χ1n) is 2.82. The van der Waals surface area contributed by atoms with Gasteiger partial charge in [0, 0.05) is 6.20 Å². The van der Waals surface area contributed by atoms with E-state index >= 15 is 0 Å². The Kier molecular flexibility index (Phi) is 2.04. The highest BCUT2D eigenvalue weighted by molar-refractivity contribution is 5.67. The van der Waals surface area contributed by atoms with Crippen molar-refractivity contribution in [1.82, 2.24) is 9.97 Å². The normalized spacial score (nSPS) is 9.42. The second-order valence-corrected chi connectivity index (χ2v) is 1.78. The van der Waals surface area contributed by atoms with Gasteiger partial charge < -0.3 is 15.5 Å². The van der Waals surface area contributed by atoms with E-state index < -0.39 is 23.5 Å². The summed E-state index contributed by atoms with van der Waals surface area (Å²) >= 11 is 0. The third-order valence-corrected chi connectivity index (χ3v) is 0.927. The fourth-order valence-electron chi connectivity index (χ4n) is 0.532. The number of rotatable bonds is 1. The molecule has 64 valence electrons. The molecule has 3 N–H and O–H groups in total. The van der Waals surface area contributed by atoms with Gasteiger partial charge in [-0.05, 0) is 0 Å². The summed E-state index contributed by atoms with van der Waals surface area (Å²) in [5.41, 5.74) is 3.74. The third-order valence-electron chi connectivity index (χ3n) is 0.927. The number of aromatic nitrogens is 2. The lowest BCUT2D eigenvalue weighted by atomic mass is 10.6. The number of hydrogen-bond acceptors (Lipinski definition) is 4. The Morgan fingerprint density at radius 2 is 2.42 bits per heavy atom. The summed E-state index contributed by atoms with van der Waals surface area (Å²) < 4.78 is 16.6. The molecule has 1 amide bonds. The van der Waals surface area contributed by atoms with Gasteiger partial charge in [-0.25, -0.2) is 9.59 Å². The molecule has 7 heteroatoms. The number of nitrogens with zero attached hydrogens (tertiary/aromatic N) is 1. The molecule has 0 saturated carbocycles. The van der Waals surface area contributed by atoms with Crippen LogP contribution in [0.25, 0.3) is 0 Å². The quantitative estimate of drug-likeness (QED) is 0.590. The van der Waals surface area contributed by atoms with Gasteiger partial charge in [0.15, 0.2) is 0 Å². The van der Waals surface area contributed by atoms with Crippen LogP contribution in [0.1, 0.15) is 0 Å². The molecule has 0 saturated heterocycles. The number of halogens is 1. The van der Waals surface area contributed by atoms with E-state index in [1.165, 1.54) is 0 Å². The molecule has 1 rings (SSSR count). The third kappa shape index (κ3) is 1.78. The van der Waals surface area contributed by atoms with E-state index in [1.54, 1.807) is 0 Å². The van der Waals surface area contributed by atoms with Gasteiger partial charge >= 0.3 is 11.8 Å². The molecule has 1 aromatic heterocycles. The monoisotopic (exact) mass is 173 g/mol. The van der Waals surface area contributed by atoms with E-state index in [9.17, 15) is 14.0 Å². The molecule has 1 heterocycles. The van der Waals surface area contributed by atoms with Crippen molar-refractivity contribution < 1.29 is 13.9 Å². The summed E-state index contributed by atoms with van der Waals surface area (Å²) in [5, 5.41) is 0. The van der Waals surface area contributed by atoms with Crippen molar-refractivity contribution in [2.45, 2.75) is 0 Å². The summed E-state index contributed by atoms with van der Waals surface area (Å²) in [6.45, 7) is 0. The molecular formula is C5H4FN3O3. The van der Waals surface area contributed by atoms with Crippen LogP contribution in [0.15, 0.2) is 11.0 Å². The maximum absolute atomic E-state index is 12.6. The SMILES string of the molecule is NC(=O)Oc1nc(=O)[nH]cc1F. The van der Waals surface area contributed by atoms with E-state index in [-0.39, 0.29) is 0 Å². The number of H-pyrrole nitrogens is 1. The molecule has 0 radical (unpaired) electrons. The smallest absolute Gasteiger partial charge is 0.388 e. The largest absolute Gasteiger partial charge is 0.411 e. The van der Waals surface area contributed by atoms with Crippen LogP contribution >= 0.6 is 0 Å².